The third kappa shape index (κ3) is 7.46. The number of carbonyl (C=O) groups is 3. The Balaban J connectivity index is 0.000000384. The molecular formula is C21H33GaO6. The fourth-order valence-electron chi connectivity index (χ4n) is 4.08. The van der Waals surface area contributed by atoms with Gasteiger partial charge in [-0.25, -0.2) is 0 Å². The summed E-state index contributed by atoms with van der Waals surface area (Å²) in [5, 5.41) is 31.2. The van der Waals surface area contributed by atoms with E-state index in [1.54, 1.807) is 20.8 Å². The molecule has 0 saturated heterocycles. The largest absolute Gasteiger partial charge is 3.00 e. The van der Waals surface area contributed by atoms with Gasteiger partial charge in [0.15, 0.2) is 0 Å². The van der Waals surface area contributed by atoms with Gasteiger partial charge in [-0.05, 0) is 38.5 Å². The number of carboxylic acid groups (broad SMARTS) is 3. The van der Waals surface area contributed by atoms with Crippen LogP contribution in [0.2, 0.25) is 0 Å². The van der Waals surface area contributed by atoms with Crippen LogP contribution in [0.1, 0.15) is 97.8 Å². The van der Waals surface area contributed by atoms with E-state index in [4.69, 9.17) is 0 Å². The van der Waals surface area contributed by atoms with Crippen molar-refractivity contribution in [3.63, 3.8) is 0 Å². The quantitative estimate of drug-likeness (QED) is 0.579. The zero-order chi connectivity index (χ0) is 20.7. The molecule has 0 amide bonds. The molecule has 0 unspecified atom stereocenters. The average molecular weight is 451 g/mol. The van der Waals surface area contributed by atoms with Crippen molar-refractivity contribution in [1.82, 2.24) is 0 Å². The zero-order valence-electron chi connectivity index (χ0n) is 17.5. The summed E-state index contributed by atoms with van der Waals surface area (Å²) in [5.41, 5.74) is -1.50. The van der Waals surface area contributed by atoms with Crippen LogP contribution in [0.4, 0.5) is 0 Å². The summed E-state index contributed by atoms with van der Waals surface area (Å²) >= 11 is 0. The average Bonchev–Trinajstić information content (AvgIpc) is 3.32. The van der Waals surface area contributed by atoms with Gasteiger partial charge in [0.05, 0.1) is 0 Å². The Morgan fingerprint density at radius 2 is 0.643 bits per heavy atom. The molecule has 3 fully saturated rings. The van der Waals surface area contributed by atoms with E-state index < -0.39 is 34.2 Å². The van der Waals surface area contributed by atoms with Crippen molar-refractivity contribution in [2.75, 3.05) is 0 Å². The summed E-state index contributed by atoms with van der Waals surface area (Å²) in [5.74, 6) is -2.63. The van der Waals surface area contributed by atoms with E-state index in [9.17, 15) is 29.7 Å². The van der Waals surface area contributed by atoms with Crippen LogP contribution in [0.25, 0.3) is 0 Å². The molecule has 0 aromatic heterocycles. The first kappa shape index (κ1) is 27.0. The van der Waals surface area contributed by atoms with Gasteiger partial charge in [-0.3, -0.25) is 0 Å². The van der Waals surface area contributed by atoms with Crippen molar-refractivity contribution in [2.45, 2.75) is 97.8 Å². The van der Waals surface area contributed by atoms with Crippen LogP contribution in [0.15, 0.2) is 0 Å². The van der Waals surface area contributed by atoms with Crippen LogP contribution in [0.3, 0.4) is 0 Å². The molecule has 156 valence electrons. The number of carbonyl (C=O) groups excluding carboxylic acids is 3. The Kier molecular flexibility index (Phi) is 10.9. The maximum absolute atomic E-state index is 10.4. The second kappa shape index (κ2) is 11.3. The molecule has 0 atom stereocenters. The Labute approximate surface area is 181 Å². The Bertz CT molecular complexity index is 451. The SMILES string of the molecule is CC1(C(=O)[O-])CCCC1.CC1(C(=O)[O-])CCCC1.CC1(C(=O)[O-])CCCC1.[Ga+3]. The molecule has 28 heavy (non-hydrogen) atoms. The van der Waals surface area contributed by atoms with E-state index in [0.717, 1.165) is 77.0 Å². The van der Waals surface area contributed by atoms with E-state index in [-0.39, 0.29) is 19.8 Å². The van der Waals surface area contributed by atoms with Crippen LogP contribution >= 0.6 is 0 Å². The molecule has 7 heteroatoms. The summed E-state index contributed by atoms with van der Waals surface area (Å²) in [6, 6.07) is 0. The topological polar surface area (TPSA) is 120 Å². The normalized spacial score (nSPS) is 23.2. The molecule has 0 bridgehead atoms. The van der Waals surface area contributed by atoms with E-state index in [2.05, 4.69) is 0 Å². The van der Waals surface area contributed by atoms with Gasteiger partial charge in [0, 0.05) is 34.2 Å². The Hall–Kier alpha value is -0.954. The molecule has 0 spiro atoms. The molecule has 0 radical (unpaired) electrons. The minimum atomic E-state index is -0.875. The second-order valence-electron chi connectivity index (χ2n) is 9.17. The Morgan fingerprint density at radius 3 is 0.714 bits per heavy atom. The van der Waals surface area contributed by atoms with Crippen LogP contribution in [-0.2, 0) is 14.4 Å². The van der Waals surface area contributed by atoms with Gasteiger partial charge in [-0.1, -0.05) is 59.3 Å². The minimum Gasteiger partial charge on any atom is -0.550 e. The summed E-state index contributed by atoms with van der Waals surface area (Å²) < 4.78 is 0. The van der Waals surface area contributed by atoms with Gasteiger partial charge < -0.3 is 29.7 Å². The number of hydrogen-bond donors (Lipinski definition) is 0. The van der Waals surface area contributed by atoms with Crippen molar-refractivity contribution in [3.05, 3.63) is 0 Å². The number of hydrogen-bond acceptors (Lipinski definition) is 6. The third-order valence-electron chi connectivity index (χ3n) is 6.60. The molecule has 3 saturated carbocycles. The van der Waals surface area contributed by atoms with E-state index in [1.807, 2.05) is 0 Å². The summed E-state index contributed by atoms with van der Waals surface area (Å²) in [4.78, 5) is 31.2. The fraction of sp³-hybridized carbons (Fsp3) is 0.857. The first-order valence-electron chi connectivity index (χ1n) is 10.1. The number of aliphatic carboxylic acids is 3. The van der Waals surface area contributed by atoms with Crippen molar-refractivity contribution in [2.24, 2.45) is 16.2 Å². The predicted octanol–water partition coefficient (Wildman–Crippen LogP) is 0.569. The van der Waals surface area contributed by atoms with Gasteiger partial charge in [-0.2, -0.15) is 0 Å². The summed E-state index contributed by atoms with van der Waals surface area (Å²) in [6.45, 7) is 5.32. The smallest absolute Gasteiger partial charge is 0.550 e. The standard InChI is InChI=1S/3C7H12O2.Ga/c3*1-7(6(8)9)4-2-3-5-7;/h3*2-5H2,1H3,(H,8,9);/q;;;+3/p-3. The van der Waals surface area contributed by atoms with Crippen LogP contribution in [0, 0.1) is 16.2 Å². The van der Waals surface area contributed by atoms with E-state index in [1.165, 1.54) is 0 Å². The zero-order valence-corrected chi connectivity index (χ0v) is 19.9. The molecule has 0 heterocycles. The molecule has 3 aliphatic carbocycles. The maximum atomic E-state index is 10.4. The summed E-state index contributed by atoms with van der Waals surface area (Å²) in [6.07, 6.45) is 11.1. The van der Waals surface area contributed by atoms with Crippen LogP contribution < -0.4 is 15.3 Å². The number of rotatable bonds is 3. The Morgan fingerprint density at radius 1 is 0.500 bits per heavy atom. The molecular weight excluding hydrogens is 418 g/mol. The fourth-order valence-corrected chi connectivity index (χ4v) is 4.08. The number of carboxylic acids is 3. The van der Waals surface area contributed by atoms with Crippen LogP contribution in [-0.4, -0.2) is 37.7 Å². The maximum Gasteiger partial charge on any atom is 3.00 e. The molecule has 0 aromatic rings. The summed E-state index contributed by atoms with van der Waals surface area (Å²) in [7, 11) is 0. The molecule has 0 aromatic carbocycles. The van der Waals surface area contributed by atoms with Gasteiger partial charge in [0.1, 0.15) is 0 Å². The van der Waals surface area contributed by atoms with Crippen molar-refractivity contribution in [1.29, 1.82) is 0 Å². The first-order valence-corrected chi connectivity index (χ1v) is 10.1. The molecule has 3 rings (SSSR count). The van der Waals surface area contributed by atoms with Crippen molar-refractivity contribution < 1.29 is 29.7 Å². The first-order chi connectivity index (χ1) is 12.5. The van der Waals surface area contributed by atoms with E-state index >= 15 is 0 Å². The van der Waals surface area contributed by atoms with Gasteiger partial charge in [-0.15, -0.1) is 0 Å². The third-order valence-corrected chi connectivity index (χ3v) is 6.60. The molecule has 0 N–H and O–H groups in total. The van der Waals surface area contributed by atoms with Crippen molar-refractivity contribution >= 4 is 37.7 Å². The van der Waals surface area contributed by atoms with Crippen molar-refractivity contribution in [3.8, 4) is 0 Å². The van der Waals surface area contributed by atoms with Crippen LogP contribution in [0.5, 0.6) is 0 Å². The second-order valence-corrected chi connectivity index (χ2v) is 9.17. The molecule has 3 aliphatic rings. The van der Waals surface area contributed by atoms with E-state index in [0.29, 0.717) is 0 Å². The van der Waals surface area contributed by atoms with Gasteiger partial charge in [0.2, 0.25) is 0 Å². The van der Waals surface area contributed by atoms with Gasteiger partial charge in [0.25, 0.3) is 0 Å². The monoisotopic (exact) mass is 450 g/mol. The minimum absolute atomic E-state index is 0. The van der Waals surface area contributed by atoms with Gasteiger partial charge >= 0.3 is 19.8 Å². The molecule has 6 nitrogen and oxygen atoms in total. The molecule has 0 aliphatic heterocycles. The predicted molar refractivity (Wildman–Crippen MR) is 101 cm³/mol.